The zero-order valence-electron chi connectivity index (χ0n) is 19.7. The van der Waals surface area contributed by atoms with Gasteiger partial charge in [-0.05, 0) is 104 Å². The molecule has 0 saturated heterocycles. The third kappa shape index (κ3) is 4.37. The van der Waals surface area contributed by atoms with Crippen LogP contribution >= 0.6 is 0 Å². The maximum atomic E-state index is 11.6. The van der Waals surface area contributed by atoms with Crippen molar-refractivity contribution in [2.24, 2.45) is 46.3 Å². The normalized spacial score (nSPS) is 43.6. The van der Waals surface area contributed by atoms with Crippen LogP contribution in [0.5, 0.6) is 0 Å². The fourth-order valence-corrected chi connectivity index (χ4v) is 9.24. The number of fused-ring (bicyclic) bond motifs is 5. The smallest absolute Gasteiger partial charge is 0.424 e. The molecule has 4 fully saturated rings. The standard InChI is InChI=1S/C24H40O7S/c1-15(14-21(22(25)26)30-31-32(27,28)29)18-9-10-19-17-8-7-16-6-4-5-12-23(16,2)20(17)11-13-24(18,19)3/h15-21H,4-14H2,1-3H3,(H,25,26)(H,27,28,29)/t15-,16?,17+,18-,19+,20+,21?,23+,24-/m1/s1. The third-order valence-electron chi connectivity index (χ3n) is 10.4. The lowest BCUT2D eigenvalue weighted by molar-refractivity contribution is -0.252. The van der Waals surface area contributed by atoms with Crippen molar-refractivity contribution in [3.63, 3.8) is 0 Å². The van der Waals surface area contributed by atoms with Crippen molar-refractivity contribution in [3.8, 4) is 0 Å². The van der Waals surface area contributed by atoms with E-state index in [1.54, 1.807) is 0 Å². The van der Waals surface area contributed by atoms with Crippen LogP contribution in [-0.4, -0.2) is 30.2 Å². The van der Waals surface area contributed by atoms with Crippen LogP contribution in [0.3, 0.4) is 0 Å². The van der Waals surface area contributed by atoms with Gasteiger partial charge in [0.25, 0.3) is 0 Å². The molecule has 0 aliphatic heterocycles. The summed E-state index contributed by atoms with van der Waals surface area (Å²) in [5, 5.41) is 9.47. The molecule has 0 bridgehead atoms. The molecule has 0 spiro atoms. The Kier molecular flexibility index (Phi) is 6.73. The highest BCUT2D eigenvalue weighted by Gasteiger charge is 2.60. The van der Waals surface area contributed by atoms with Gasteiger partial charge in [0.1, 0.15) is 0 Å². The Morgan fingerprint density at radius 3 is 2.41 bits per heavy atom. The Balaban J connectivity index is 1.46. The van der Waals surface area contributed by atoms with Crippen LogP contribution in [-0.2, 0) is 24.4 Å². The molecule has 4 aliphatic rings. The van der Waals surface area contributed by atoms with Crippen molar-refractivity contribution in [3.05, 3.63) is 0 Å². The van der Waals surface area contributed by atoms with E-state index in [0.717, 1.165) is 24.2 Å². The van der Waals surface area contributed by atoms with Gasteiger partial charge in [0.15, 0.2) is 6.10 Å². The molecular formula is C24H40O7S. The number of carboxylic acid groups (broad SMARTS) is 1. The van der Waals surface area contributed by atoms with Gasteiger partial charge in [0.05, 0.1) is 0 Å². The predicted octanol–water partition coefficient (Wildman–Crippen LogP) is 5.27. The van der Waals surface area contributed by atoms with Gasteiger partial charge < -0.3 is 5.11 Å². The maximum absolute atomic E-state index is 11.6. The number of carbonyl (C=O) groups is 1. The monoisotopic (exact) mass is 472 g/mol. The first-order valence-corrected chi connectivity index (χ1v) is 13.9. The molecule has 32 heavy (non-hydrogen) atoms. The Hall–Kier alpha value is -0.700. The first-order valence-electron chi connectivity index (χ1n) is 12.5. The van der Waals surface area contributed by atoms with E-state index >= 15 is 0 Å². The highest BCUT2D eigenvalue weighted by Crippen LogP contribution is 2.68. The summed E-state index contributed by atoms with van der Waals surface area (Å²) in [5.41, 5.74) is 0.687. The minimum atomic E-state index is -4.85. The topological polar surface area (TPSA) is 110 Å². The molecule has 2 N–H and O–H groups in total. The molecule has 0 radical (unpaired) electrons. The molecule has 184 valence electrons. The number of hydrogen-bond donors (Lipinski definition) is 2. The summed E-state index contributed by atoms with van der Waals surface area (Å²) in [6.07, 6.45) is 11.7. The van der Waals surface area contributed by atoms with E-state index in [1.165, 1.54) is 57.8 Å². The zero-order valence-corrected chi connectivity index (χ0v) is 20.5. The molecule has 9 atom stereocenters. The van der Waals surface area contributed by atoms with E-state index in [4.69, 9.17) is 4.55 Å². The largest absolute Gasteiger partial charge is 0.479 e. The number of aliphatic carboxylic acids is 1. The lowest BCUT2D eigenvalue weighted by Gasteiger charge is -2.61. The molecule has 0 aromatic carbocycles. The van der Waals surface area contributed by atoms with Crippen LogP contribution in [0.15, 0.2) is 0 Å². The number of hydrogen-bond acceptors (Lipinski definition) is 5. The third-order valence-corrected chi connectivity index (χ3v) is 10.7. The van der Waals surface area contributed by atoms with Crippen molar-refractivity contribution in [1.82, 2.24) is 0 Å². The Morgan fingerprint density at radius 1 is 1.00 bits per heavy atom. The molecule has 8 heteroatoms. The van der Waals surface area contributed by atoms with E-state index in [0.29, 0.717) is 17.3 Å². The first-order chi connectivity index (χ1) is 15.0. The van der Waals surface area contributed by atoms with Crippen LogP contribution in [0, 0.1) is 46.3 Å². The minimum absolute atomic E-state index is 0.0502. The van der Waals surface area contributed by atoms with Crippen molar-refractivity contribution >= 4 is 16.4 Å². The molecule has 7 nitrogen and oxygen atoms in total. The Morgan fingerprint density at radius 2 is 1.72 bits per heavy atom. The average Bonchev–Trinajstić information content (AvgIpc) is 3.07. The van der Waals surface area contributed by atoms with Crippen LogP contribution in [0.25, 0.3) is 0 Å². The van der Waals surface area contributed by atoms with Gasteiger partial charge in [-0.25, -0.2) is 9.68 Å². The predicted molar refractivity (Wildman–Crippen MR) is 119 cm³/mol. The summed E-state index contributed by atoms with van der Waals surface area (Å²) in [6.45, 7) is 7.05. The van der Waals surface area contributed by atoms with Gasteiger partial charge in [-0.15, -0.1) is 0 Å². The summed E-state index contributed by atoms with van der Waals surface area (Å²) >= 11 is 0. The Labute approximate surface area is 192 Å². The fraction of sp³-hybridized carbons (Fsp3) is 0.958. The van der Waals surface area contributed by atoms with Gasteiger partial charge in [0.2, 0.25) is 0 Å². The van der Waals surface area contributed by atoms with Crippen molar-refractivity contribution in [2.75, 3.05) is 0 Å². The van der Waals surface area contributed by atoms with E-state index < -0.39 is 22.5 Å². The van der Waals surface area contributed by atoms with Crippen LogP contribution < -0.4 is 0 Å². The molecule has 0 amide bonds. The molecule has 0 aromatic rings. The minimum Gasteiger partial charge on any atom is -0.479 e. The second-order valence-corrected chi connectivity index (χ2v) is 12.8. The molecule has 4 rings (SSSR count). The SMILES string of the molecule is C[C@H](CC(OOS(=O)(=O)O)C(=O)O)[C@H]1CC[C@H]2[C@@H]3CCC4CCCC[C@]4(C)[C@H]3CC[C@]12C. The number of carboxylic acids is 1. The molecule has 0 heterocycles. The van der Waals surface area contributed by atoms with Crippen molar-refractivity contribution < 1.29 is 32.1 Å². The van der Waals surface area contributed by atoms with Gasteiger partial charge in [-0.3, -0.25) is 4.55 Å². The molecule has 2 unspecified atom stereocenters. The van der Waals surface area contributed by atoms with E-state index in [1.807, 2.05) is 0 Å². The molecule has 0 aromatic heterocycles. The second kappa shape index (κ2) is 8.82. The van der Waals surface area contributed by atoms with Gasteiger partial charge in [-0.1, -0.05) is 37.9 Å². The van der Waals surface area contributed by atoms with Gasteiger partial charge in [-0.2, -0.15) is 8.42 Å². The lowest BCUT2D eigenvalue weighted by Crippen LogP contribution is -2.53. The summed E-state index contributed by atoms with van der Waals surface area (Å²) < 4.78 is 34.3. The maximum Gasteiger partial charge on any atom is 0.424 e. The van der Waals surface area contributed by atoms with Crippen LogP contribution in [0.4, 0.5) is 0 Å². The van der Waals surface area contributed by atoms with Crippen LogP contribution in [0.1, 0.15) is 91.4 Å². The van der Waals surface area contributed by atoms with Gasteiger partial charge in [0, 0.05) is 0 Å². The summed E-state index contributed by atoms with van der Waals surface area (Å²) in [4.78, 5) is 16.2. The summed E-state index contributed by atoms with van der Waals surface area (Å²) in [6, 6.07) is 0. The van der Waals surface area contributed by atoms with E-state index in [2.05, 4.69) is 30.0 Å². The van der Waals surface area contributed by atoms with Crippen molar-refractivity contribution in [2.45, 2.75) is 97.5 Å². The Bertz CT molecular complexity index is 813. The highest BCUT2D eigenvalue weighted by molar-refractivity contribution is 7.80. The van der Waals surface area contributed by atoms with E-state index in [-0.39, 0.29) is 17.8 Å². The van der Waals surface area contributed by atoms with E-state index in [9.17, 15) is 18.3 Å². The fourth-order valence-electron chi connectivity index (χ4n) is 9.05. The average molecular weight is 473 g/mol. The molecular weight excluding hydrogens is 432 g/mol. The highest BCUT2D eigenvalue weighted by atomic mass is 32.3. The quantitative estimate of drug-likeness (QED) is 0.295. The zero-order chi connectivity index (χ0) is 23.3. The van der Waals surface area contributed by atoms with Crippen LogP contribution in [0.2, 0.25) is 0 Å². The second-order valence-electron chi connectivity index (χ2n) is 11.8. The molecule has 4 saturated carbocycles. The van der Waals surface area contributed by atoms with Crippen molar-refractivity contribution in [1.29, 1.82) is 0 Å². The summed E-state index contributed by atoms with van der Waals surface area (Å²) in [7, 11) is -4.85. The molecule has 4 aliphatic carbocycles. The number of rotatable bonds is 7. The lowest BCUT2D eigenvalue weighted by atomic mass is 9.44. The first kappa shape index (κ1) is 24.4. The van der Waals surface area contributed by atoms with Gasteiger partial charge >= 0.3 is 16.4 Å². The summed E-state index contributed by atoms with van der Waals surface area (Å²) in [5.74, 6) is 2.33.